The molecule has 16 heteroatoms. The van der Waals surface area contributed by atoms with Gasteiger partial charge in [-0.15, -0.1) is 0 Å². The predicted molar refractivity (Wildman–Crippen MR) is 375 cm³/mol. The van der Waals surface area contributed by atoms with Crippen molar-refractivity contribution in [2.45, 2.75) is 295 Å². The Bertz CT molecular complexity index is 2470. The van der Waals surface area contributed by atoms with E-state index < -0.39 is 41.4 Å². The van der Waals surface area contributed by atoms with Crippen LogP contribution in [0, 0.1) is 17.3 Å². The quantitative estimate of drug-likeness (QED) is 0.0372. The number of rotatable bonds is 53. The second-order valence-corrected chi connectivity index (χ2v) is 27.6. The number of carboxylic acid groups (broad SMARTS) is 1. The van der Waals surface area contributed by atoms with E-state index in [1.807, 2.05) is 12.2 Å². The SMILES string of the molecule is CCC[C@H]1CC[C@H](c2ccc(OCCCCCCOC(=O)CCC(=O)OCCCCCCOC3=CC(CCCCCCOC4CCCCO4)(C(=O)O)C(OCCCCCCOC(=O)CCC(=O)OCCCCCCOc4ccc([C@H]5CC[C@H](CCC)CC5)cc4)C=C3)cc2)CC1. The fraction of sp³-hybridized carbons (Fsp3) is 0.738. The van der Waals surface area contributed by atoms with Gasteiger partial charge in [-0.1, -0.05) is 95.6 Å². The molecule has 0 radical (unpaired) electrons. The van der Waals surface area contributed by atoms with E-state index in [4.69, 9.17) is 47.4 Å². The topological polar surface area (TPSA) is 198 Å². The summed E-state index contributed by atoms with van der Waals surface area (Å²) >= 11 is 0. The average molecular weight is 1340 g/mol. The lowest BCUT2D eigenvalue weighted by Crippen LogP contribution is -2.43. The summed E-state index contributed by atoms with van der Waals surface area (Å²) in [4.78, 5) is 62.7. The lowest BCUT2D eigenvalue weighted by Gasteiger charge is -2.36. The minimum Gasteiger partial charge on any atom is -0.494 e. The molecular formula is C80H124O16. The number of hydrogen-bond donors (Lipinski definition) is 1. The summed E-state index contributed by atoms with van der Waals surface area (Å²) < 4.78 is 57.7. The van der Waals surface area contributed by atoms with Crippen molar-refractivity contribution in [3.05, 3.63) is 83.6 Å². The minimum absolute atomic E-state index is 0.00296. The van der Waals surface area contributed by atoms with Gasteiger partial charge >= 0.3 is 29.8 Å². The van der Waals surface area contributed by atoms with Gasteiger partial charge in [-0.25, -0.2) is 0 Å². The molecule has 16 nitrogen and oxygen atoms in total. The predicted octanol–water partition coefficient (Wildman–Crippen LogP) is 18.7. The van der Waals surface area contributed by atoms with E-state index in [-0.39, 0.29) is 45.2 Å². The number of carboxylic acids is 1. The highest BCUT2D eigenvalue weighted by Crippen LogP contribution is 2.41. The van der Waals surface area contributed by atoms with E-state index >= 15 is 0 Å². The molecule has 2 aromatic carbocycles. The van der Waals surface area contributed by atoms with Crippen molar-refractivity contribution in [3.63, 3.8) is 0 Å². The summed E-state index contributed by atoms with van der Waals surface area (Å²) in [6.07, 6.45) is 40.6. The van der Waals surface area contributed by atoms with Gasteiger partial charge in [-0.2, -0.15) is 0 Å². The number of aliphatic carboxylic acids is 1. The van der Waals surface area contributed by atoms with Crippen LogP contribution in [0.1, 0.15) is 294 Å². The molecule has 1 N–H and O–H groups in total. The second-order valence-electron chi connectivity index (χ2n) is 27.6. The van der Waals surface area contributed by atoms with Gasteiger partial charge in [0, 0.05) is 19.8 Å². The molecule has 6 rings (SSSR count). The number of ether oxygens (including phenoxy) is 10. The number of allylic oxidation sites excluding steroid dienone is 1. The van der Waals surface area contributed by atoms with Crippen molar-refractivity contribution in [2.75, 3.05) is 66.1 Å². The van der Waals surface area contributed by atoms with E-state index in [1.54, 1.807) is 6.08 Å². The van der Waals surface area contributed by atoms with Gasteiger partial charge in [-0.05, 0) is 251 Å². The zero-order valence-corrected chi connectivity index (χ0v) is 59.2. The van der Waals surface area contributed by atoms with Crippen LogP contribution in [0.25, 0.3) is 0 Å². The van der Waals surface area contributed by atoms with Crippen molar-refractivity contribution in [1.82, 2.24) is 0 Å². The summed E-state index contributed by atoms with van der Waals surface area (Å²) in [6.45, 7) is 9.24. The van der Waals surface area contributed by atoms with Crippen LogP contribution in [0.5, 0.6) is 11.5 Å². The number of carbonyl (C=O) groups excluding carboxylic acids is 4. The Hall–Kier alpha value is -5.45. The highest BCUT2D eigenvalue weighted by molar-refractivity contribution is 5.79. The van der Waals surface area contributed by atoms with Crippen molar-refractivity contribution in [1.29, 1.82) is 0 Å². The fourth-order valence-electron chi connectivity index (χ4n) is 14.0. The van der Waals surface area contributed by atoms with E-state index in [2.05, 4.69) is 62.4 Å². The summed E-state index contributed by atoms with van der Waals surface area (Å²) in [7, 11) is 0. The molecule has 96 heavy (non-hydrogen) atoms. The van der Waals surface area contributed by atoms with E-state index in [9.17, 15) is 29.1 Å². The Balaban J connectivity index is 0.754. The Morgan fingerprint density at radius 1 is 0.438 bits per heavy atom. The molecule has 3 unspecified atom stereocenters. The Morgan fingerprint density at radius 2 is 0.823 bits per heavy atom. The Labute approximate surface area is 577 Å². The van der Waals surface area contributed by atoms with Crippen molar-refractivity contribution in [3.8, 4) is 11.5 Å². The molecule has 2 saturated carbocycles. The first kappa shape index (κ1) is 79.5. The van der Waals surface area contributed by atoms with Gasteiger partial charge in [0.15, 0.2) is 6.29 Å². The molecule has 2 aromatic rings. The Morgan fingerprint density at radius 3 is 1.22 bits per heavy atom. The van der Waals surface area contributed by atoms with Gasteiger partial charge in [-0.3, -0.25) is 24.0 Å². The first-order valence-corrected chi connectivity index (χ1v) is 38.2. The summed E-state index contributed by atoms with van der Waals surface area (Å²) in [6, 6.07) is 17.4. The van der Waals surface area contributed by atoms with Crippen LogP contribution in [-0.2, 0) is 61.9 Å². The van der Waals surface area contributed by atoms with Crippen LogP contribution in [0.2, 0.25) is 0 Å². The summed E-state index contributed by atoms with van der Waals surface area (Å²) in [5.74, 6) is 2.96. The molecule has 0 spiro atoms. The van der Waals surface area contributed by atoms with E-state index in [1.165, 1.54) is 88.2 Å². The highest BCUT2D eigenvalue weighted by Gasteiger charge is 2.46. The van der Waals surface area contributed by atoms with E-state index in [0.29, 0.717) is 95.9 Å². The van der Waals surface area contributed by atoms with Crippen LogP contribution >= 0.6 is 0 Å². The van der Waals surface area contributed by atoms with Crippen LogP contribution in [-0.4, -0.2) is 113 Å². The lowest BCUT2D eigenvalue weighted by molar-refractivity contribution is -0.163. The molecule has 1 saturated heterocycles. The van der Waals surface area contributed by atoms with Crippen molar-refractivity contribution < 1.29 is 76.4 Å². The smallest absolute Gasteiger partial charge is 0.316 e. The Kier molecular flexibility index (Phi) is 40.7. The molecule has 3 fully saturated rings. The van der Waals surface area contributed by atoms with Gasteiger partial charge in [0.05, 0.1) is 78.0 Å². The largest absolute Gasteiger partial charge is 0.494 e. The van der Waals surface area contributed by atoms with Crippen molar-refractivity contribution >= 4 is 29.8 Å². The molecule has 3 atom stereocenters. The number of benzene rings is 2. The molecule has 0 bridgehead atoms. The zero-order chi connectivity index (χ0) is 67.9. The number of esters is 4. The monoisotopic (exact) mass is 1340 g/mol. The molecule has 0 aromatic heterocycles. The first-order valence-electron chi connectivity index (χ1n) is 38.2. The standard InChI is InChI=1S/C80H124O16/c1-3-27-64-30-34-66(35-31-64)68-38-42-70(43-39-68)87-53-17-7-11-21-57-91-74(81)48-49-76(83)93-59-23-13-9-19-55-89-72-46-47-73(80(63-72,79(85)86)52-16-5-6-25-61-95-78-29-15-26-62-96-78)90-56-20-10-14-24-60-94-77(84)51-50-75(82)92-58-22-12-8-18-54-88-71-44-40-69(41-45-71)67-36-32-65(28-4-2)33-37-67/h38-47,63-67,73,78H,3-37,48-62H2,1-2H3,(H,85,86)/t64-,65-,66-,67-,73?,78?,80?. The zero-order valence-electron chi connectivity index (χ0n) is 59.2. The van der Waals surface area contributed by atoms with Crippen LogP contribution in [0.15, 0.2) is 72.5 Å². The third-order valence-corrected chi connectivity index (χ3v) is 19.8. The third-order valence-electron chi connectivity index (χ3n) is 19.8. The maximum absolute atomic E-state index is 13.3. The molecule has 540 valence electrons. The highest BCUT2D eigenvalue weighted by atomic mass is 16.7. The van der Waals surface area contributed by atoms with Gasteiger partial charge in [0.1, 0.15) is 22.7 Å². The van der Waals surface area contributed by atoms with Crippen molar-refractivity contribution in [2.24, 2.45) is 17.3 Å². The molecule has 4 aliphatic rings. The van der Waals surface area contributed by atoms with Gasteiger partial charge in [0.2, 0.25) is 0 Å². The maximum Gasteiger partial charge on any atom is 0.316 e. The van der Waals surface area contributed by atoms with Crippen LogP contribution in [0.3, 0.4) is 0 Å². The molecular weight excluding hydrogens is 1220 g/mol. The molecule has 0 amide bonds. The second kappa shape index (κ2) is 49.1. The molecule has 1 heterocycles. The van der Waals surface area contributed by atoms with Crippen LogP contribution < -0.4 is 9.47 Å². The summed E-state index contributed by atoms with van der Waals surface area (Å²) in [5, 5.41) is 10.9. The average Bonchev–Trinajstić information content (AvgIpc) is 0.799. The molecule has 1 aliphatic heterocycles. The summed E-state index contributed by atoms with van der Waals surface area (Å²) in [5.41, 5.74) is 1.57. The number of hydrogen-bond acceptors (Lipinski definition) is 15. The fourth-order valence-corrected chi connectivity index (χ4v) is 14.0. The normalized spacial score (nSPS) is 21.0. The first-order chi connectivity index (χ1) is 47.0. The maximum atomic E-state index is 13.3. The third kappa shape index (κ3) is 32.9. The number of carbonyl (C=O) groups is 5. The van der Waals surface area contributed by atoms with Crippen LogP contribution in [0.4, 0.5) is 0 Å². The molecule has 3 aliphatic carbocycles. The van der Waals surface area contributed by atoms with E-state index in [0.717, 1.165) is 152 Å². The lowest BCUT2D eigenvalue weighted by atomic mass is 9.74. The number of unbranched alkanes of at least 4 members (excludes halogenated alkanes) is 15. The minimum atomic E-state index is -1.30. The van der Waals surface area contributed by atoms with Gasteiger partial charge < -0.3 is 52.5 Å². The van der Waals surface area contributed by atoms with Gasteiger partial charge in [0.25, 0.3) is 0 Å².